The van der Waals surface area contributed by atoms with E-state index in [-0.39, 0.29) is 24.4 Å². The maximum atomic E-state index is 11.9. The Balaban J connectivity index is 0.000000161. The van der Waals surface area contributed by atoms with Crippen molar-refractivity contribution in [2.24, 2.45) is 0 Å². The predicted molar refractivity (Wildman–Crippen MR) is 185 cm³/mol. The molecule has 2 aliphatic carbocycles. The highest BCUT2D eigenvalue weighted by Gasteiger charge is 2.51. The maximum absolute atomic E-state index is 11.9. The van der Waals surface area contributed by atoms with Gasteiger partial charge in [0.05, 0.1) is 16.9 Å². The molecule has 250 valence electrons. The van der Waals surface area contributed by atoms with Crippen LogP contribution in [0.25, 0.3) is 0 Å². The minimum atomic E-state index is -0.313. The number of fused-ring (bicyclic) bond motifs is 2. The number of hydrogen-bond acceptors (Lipinski definition) is 6. The number of nitrogens with zero attached hydrogens (tertiary/aromatic N) is 6. The summed E-state index contributed by atoms with van der Waals surface area (Å²) in [5.41, 5.74) is 1.78. The topological polar surface area (TPSA) is 98.7 Å². The molecule has 0 bridgehead atoms. The molecule has 2 aromatic carbocycles. The van der Waals surface area contributed by atoms with Gasteiger partial charge in [0.1, 0.15) is 29.1 Å². The summed E-state index contributed by atoms with van der Waals surface area (Å²) in [6.45, 7) is 1.95. The summed E-state index contributed by atoms with van der Waals surface area (Å²) in [5, 5.41) is 29.5. The lowest BCUT2D eigenvalue weighted by atomic mass is 9.62. The van der Waals surface area contributed by atoms with E-state index in [2.05, 4.69) is 41.7 Å². The SMILES string of the molecule is C.O=C1CC(c2ccc(Cl)cc2)(c2nnc3n2CCCCCC3)C1.OC1CC(c2ccc(Cl)cc2)(c2nnc3n2CCCCCC3)C1. The summed E-state index contributed by atoms with van der Waals surface area (Å²) in [6.07, 6.45) is 14.0. The molecule has 2 aromatic heterocycles. The molecule has 8 nitrogen and oxygen atoms in total. The van der Waals surface area contributed by atoms with E-state index in [0.717, 1.165) is 66.2 Å². The minimum absolute atomic E-state index is 0. The first-order chi connectivity index (χ1) is 22.4. The zero-order chi connectivity index (χ0) is 31.7. The minimum Gasteiger partial charge on any atom is -0.393 e. The van der Waals surface area contributed by atoms with Gasteiger partial charge in [0.15, 0.2) is 0 Å². The van der Waals surface area contributed by atoms with Gasteiger partial charge < -0.3 is 14.2 Å². The lowest BCUT2D eigenvalue weighted by Gasteiger charge is -2.45. The summed E-state index contributed by atoms with van der Waals surface area (Å²) in [5.74, 6) is 4.48. The summed E-state index contributed by atoms with van der Waals surface area (Å²) in [7, 11) is 0. The Kier molecular flexibility index (Phi) is 10.2. The van der Waals surface area contributed by atoms with Crippen LogP contribution in [0.4, 0.5) is 0 Å². The first-order valence-corrected chi connectivity index (χ1v) is 17.7. The molecule has 0 spiro atoms. The number of aryl methyl sites for hydroxylation is 2. The van der Waals surface area contributed by atoms with Crippen LogP contribution < -0.4 is 0 Å². The lowest BCUT2D eigenvalue weighted by Crippen LogP contribution is -2.47. The molecule has 47 heavy (non-hydrogen) atoms. The Hall–Kier alpha value is -3.07. The average molecular weight is 678 g/mol. The van der Waals surface area contributed by atoms with Gasteiger partial charge in [-0.05, 0) is 73.9 Å². The molecule has 0 unspecified atom stereocenters. The van der Waals surface area contributed by atoms with Gasteiger partial charge in [-0.3, -0.25) is 4.79 Å². The van der Waals surface area contributed by atoms with Crippen LogP contribution in [0.3, 0.4) is 0 Å². The van der Waals surface area contributed by atoms with Crippen LogP contribution in [0.5, 0.6) is 0 Å². The van der Waals surface area contributed by atoms with Crippen molar-refractivity contribution in [3.63, 3.8) is 0 Å². The lowest BCUT2D eigenvalue weighted by molar-refractivity contribution is -0.127. The zero-order valence-electron chi connectivity index (χ0n) is 26.3. The van der Waals surface area contributed by atoms with Crippen molar-refractivity contribution in [2.75, 3.05) is 0 Å². The van der Waals surface area contributed by atoms with Crippen molar-refractivity contribution in [1.82, 2.24) is 29.5 Å². The fourth-order valence-corrected chi connectivity index (χ4v) is 8.23. The van der Waals surface area contributed by atoms with Gasteiger partial charge in [0.2, 0.25) is 0 Å². The van der Waals surface area contributed by atoms with E-state index < -0.39 is 0 Å². The molecule has 4 aromatic rings. The average Bonchev–Trinajstić information content (AvgIpc) is 3.57. The highest BCUT2D eigenvalue weighted by Crippen LogP contribution is 2.49. The van der Waals surface area contributed by atoms with Crippen LogP contribution in [0.1, 0.15) is 119 Å². The third kappa shape index (κ3) is 6.53. The third-order valence-electron chi connectivity index (χ3n) is 10.5. The standard InChI is InChI=1S/C18H22ClN3O.C18H20ClN3O.CH4/c2*19-14-8-6-13(7-9-14)18(11-15(23)12-18)17-21-20-16-5-3-1-2-4-10-22(16)17;/h6-9,15,23H,1-5,10-12H2;6-9H,1-5,10-12H2;1H4. The molecule has 2 aliphatic heterocycles. The number of ketones is 1. The van der Waals surface area contributed by atoms with Gasteiger partial charge in [-0.1, -0.05) is 80.6 Å². The normalized spacial score (nSPS) is 23.5. The highest BCUT2D eigenvalue weighted by molar-refractivity contribution is 6.30. The molecule has 8 rings (SSSR count). The van der Waals surface area contributed by atoms with Crippen molar-refractivity contribution in [3.05, 3.63) is 93.0 Å². The number of carbonyl (C=O) groups is 1. The van der Waals surface area contributed by atoms with Crippen LogP contribution in [0, 0.1) is 0 Å². The van der Waals surface area contributed by atoms with Crippen LogP contribution in [0.15, 0.2) is 48.5 Å². The summed E-state index contributed by atoms with van der Waals surface area (Å²) >= 11 is 12.1. The molecule has 1 N–H and O–H groups in total. The number of aliphatic hydroxyl groups excluding tert-OH is 1. The number of benzene rings is 2. The Bertz CT molecular complexity index is 1670. The van der Waals surface area contributed by atoms with Gasteiger partial charge >= 0.3 is 0 Å². The maximum Gasteiger partial charge on any atom is 0.144 e. The van der Waals surface area contributed by atoms with Crippen LogP contribution in [-0.2, 0) is 41.6 Å². The number of rotatable bonds is 4. The van der Waals surface area contributed by atoms with Gasteiger partial charge in [0.25, 0.3) is 0 Å². The van der Waals surface area contributed by atoms with E-state index in [1.807, 2.05) is 36.4 Å². The van der Waals surface area contributed by atoms with Crippen LogP contribution >= 0.6 is 23.2 Å². The van der Waals surface area contributed by atoms with Crippen molar-refractivity contribution < 1.29 is 9.90 Å². The highest BCUT2D eigenvalue weighted by atomic mass is 35.5. The Morgan fingerprint density at radius 3 is 1.49 bits per heavy atom. The molecule has 2 fully saturated rings. The Labute approximate surface area is 287 Å². The number of aliphatic hydroxyl groups is 1. The predicted octanol–water partition coefficient (Wildman–Crippen LogP) is 7.82. The summed E-state index contributed by atoms with van der Waals surface area (Å²) in [6, 6.07) is 15.8. The van der Waals surface area contributed by atoms with Gasteiger partial charge in [-0.2, -0.15) is 0 Å². The van der Waals surface area contributed by atoms with Crippen molar-refractivity contribution >= 4 is 29.0 Å². The molecule has 0 radical (unpaired) electrons. The molecular formula is C37H46Cl2N6O2. The number of halogens is 2. The van der Waals surface area contributed by atoms with Gasteiger partial charge in [-0.25, -0.2) is 0 Å². The quantitative estimate of drug-likeness (QED) is 0.237. The largest absolute Gasteiger partial charge is 0.393 e. The summed E-state index contributed by atoms with van der Waals surface area (Å²) < 4.78 is 4.60. The van der Waals surface area contributed by atoms with Crippen molar-refractivity contribution in [2.45, 2.75) is 127 Å². The van der Waals surface area contributed by atoms with Crippen LogP contribution in [0.2, 0.25) is 10.0 Å². The molecule has 0 atom stereocenters. The monoisotopic (exact) mass is 676 g/mol. The smallest absolute Gasteiger partial charge is 0.144 e. The second kappa shape index (κ2) is 14.2. The molecule has 4 aliphatic rings. The van der Waals surface area contributed by atoms with Crippen LogP contribution in [-0.4, -0.2) is 46.5 Å². The second-order valence-corrected chi connectivity index (χ2v) is 14.5. The number of carbonyl (C=O) groups excluding carboxylic acids is 1. The fourth-order valence-electron chi connectivity index (χ4n) is 7.97. The Morgan fingerprint density at radius 1 is 0.617 bits per heavy atom. The van der Waals surface area contributed by atoms with E-state index in [4.69, 9.17) is 23.2 Å². The van der Waals surface area contributed by atoms with Crippen molar-refractivity contribution in [3.8, 4) is 0 Å². The third-order valence-corrected chi connectivity index (χ3v) is 11.0. The van der Waals surface area contributed by atoms with Crippen molar-refractivity contribution in [1.29, 1.82) is 0 Å². The molecular weight excluding hydrogens is 631 g/mol. The van der Waals surface area contributed by atoms with E-state index in [0.29, 0.717) is 36.5 Å². The van der Waals surface area contributed by atoms with Gasteiger partial charge in [0, 0.05) is 48.8 Å². The fraction of sp³-hybridized carbons (Fsp3) is 0.541. The van der Waals surface area contributed by atoms with Gasteiger partial charge in [-0.15, -0.1) is 20.4 Å². The molecule has 0 saturated heterocycles. The number of hydrogen-bond donors (Lipinski definition) is 1. The molecule has 10 heteroatoms. The zero-order valence-corrected chi connectivity index (χ0v) is 27.8. The number of Topliss-reactive ketones (excluding diaryl/α,β-unsaturated/α-hetero) is 1. The van der Waals surface area contributed by atoms with E-state index in [1.54, 1.807) is 0 Å². The first-order valence-electron chi connectivity index (χ1n) is 16.9. The first kappa shape index (κ1) is 33.8. The summed E-state index contributed by atoms with van der Waals surface area (Å²) in [4.78, 5) is 11.9. The second-order valence-electron chi connectivity index (χ2n) is 13.6. The molecule has 4 heterocycles. The van der Waals surface area contributed by atoms with E-state index in [1.165, 1.54) is 50.5 Å². The van der Waals surface area contributed by atoms with E-state index in [9.17, 15) is 9.90 Å². The molecule has 2 saturated carbocycles. The number of aromatic nitrogens is 6. The Morgan fingerprint density at radius 2 is 1.04 bits per heavy atom. The van der Waals surface area contributed by atoms with E-state index >= 15 is 0 Å². The molecule has 0 amide bonds.